The third-order valence-electron chi connectivity index (χ3n) is 3.42. The topological polar surface area (TPSA) is 48.4 Å². The number of benzene rings is 2. The molecule has 1 heterocycles. The van der Waals surface area contributed by atoms with E-state index in [1.807, 2.05) is 0 Å². The van der Waals surface area contributed by atoms with Crippen LogP contribution in [0.2, 0.25) is 0 Å². The first-order chi connectivity index (χ1) is 11.2. The average molecular weight is 311 g/mol. The number of methoxy groups -OCH3 is 1. The van der Waals surface area contributed by atoms with Crippen molar-refractivity contribution in [1.29, 1.82) is 0 Å². The number of carbonyl (C=O) groups is 1. The average Bonchev–Trinajstić information content (AvgIpc) is 2.59. The molecule has 0 bridgehead atoms. The molecule has 0 fully saturated rings. The maximum Gasteiger partial charge on any atom is 0.337 e. The zero-order valence-electron chi connectivity index (χ0n) is 12.5. The molecule has 1 aromatic heterocycles. The minimum atomic E-state index is -0.406. The van der Waals surface area contributed by atoms with Crippen molar-refractivity contribution in [2.45, 2.75) is 6.61 Å². The van der Waals surface area contributed by atoms with Crippen LogP contribution >= 0.6 is 0 Å². The minimum absolute atomic E-state index is 0.183. The predicted octanol–water partition coefficient (Wildman–Crippen LogP) is 3.74. The summed E-state index contributed by atoms with van der Waals surface area (Å²) in [6.45, 7) is 0.183. The Bertz CT molecular complexity index is 847. The Morgan fingerprint density at radius 2 is 1.96 bits per heavy atom. The van der Waals surface area contributed by atoms with E-state index in [1.165, 1.54) is 19.2 Å². The number of fused-ring (bicyclic) bond motifs is 1. The first-order valence-electron chi connectivity index (χ1n) is 7.02. The summed E-state index contributed by atoms with van der Waals surface area (Å²) >= 11 is 0. The highest BCUT2D eigenvalue weighted by atomic mass is 19.1. The standard InChI is InChI=1S/C18H14FNO3/c1-22-18(21)12-4-6-16(7-5-12)23-11-14-10-15(19)9-13-3-2-8-20-17(13)14/h2-10H,11H2,1H3. The van der Waals surface area contributed by atoms with Crippen LogP contribution < -0.4 is 4.74 Å². The Kier molecular flexibility index (Phi) is 4.19. The monoisotopic (exact) mass is 311 g/mol. The van der Waals surface area contributed by atoms with E-state index >= 15 is 0 Å². The van der Waals surface area contributed by atoms with E-state index in [-0.39, 0.29) is 12.4 Å². The highest BCUT2D eigenvalue weighted by Gasteiger charge is 2.08. The van der Waals surface area contributed by atoms with Crippen LogP contribution in [0.1, 0.15) is 15.9 Å². The van der Waals surface area contributed by atoms with E-state index in [4.69, 9.17) is 4.74 Å². The van der Waals surface area contributed by atoms with Crippen molar-refractivity contribution in [3.05, 3.63) is 71.7 Å². The van der Waals surface area contributed by atoms with Gasteiger partial charge in [0, 0.05) is 17.1 Å². The Labute approximate surface area is 132 Å². The molecule has 0 N–H and O–H groups in total. The van der Waals surface area contributed by atoms with Gasteiger partial charge in [-0.15, -0.1) is 0 Å². The highest BCUT2D eigenvalue weighted by molar-refractivity contribution is 5.89. The van der Waals surface area contributed by atoms with Gasteiger partial charge in [0.2, 0.25) is 0 Å². The molecule has 0 aliphatic heterocycles. The van der Waals surface area contributed by atoms with Crippen molar-refractivity contribution >= 4 is 16.9 Å². The van der Waals surface area contributed by atoms with Gasteiger partial charge in [0.15, 0.2) is 0 Å². The SMILES string of the molecule is COC(=O)c1ccc(OCc2cc(F)cc3cccnc23)cc1. The highest BCUT2D eigenvalue weighted by Crippen LogP contribution is 2.21. The number of carbonyl (C=O) groups excluding carboxylic acids is 1. The second kappa shape index (κ2) is 6.44. The van der Waals surface area contributed by atoms with Crippen molar-refractivity contribution in [1.82, 2.24) is 4.98 Å². The molecule has 2 aromatic carbocycles. The van der Waals surface area contributed by atoms with Crippen LogP contribution in [0.4, 0.5) is 4.39 Å². The molecule has 3 rings (SSSR count). The molecule has 0 aliphatic carbocycles. The van der Waals surface area contributed by atoms with Gasteiger partial charge in [-0.1, -0.05) is 6.07 Å². The number of nitrogens with zero attached hydrogens (tertiary/aromatic N) is 1. The lowest BCUT2D eigenvalue weighted by Crippen LogP contribution is -2.02. The van der Waals surface area contributed by atoms with Crippen LogP contribution in [0.5, 0.6) is 5.75 Å². The van der Waals surface area contributed by atoms with Gasteiger partial charge >= 0.3 is 5.97 Å². The molecule has 0 unspecified atom stereocenters. The molecule has 0 saturated carbocycles. The fraction of sp³-hybridized carbons (Fsp3) is 0.111. The second-order valence-electron chi connectivity index (χ2n) is 4.94. The predicted molar refractivity (Wildman–Crippen MR) is 83.8 cm³/mol. The molecule has 0 radical (unpaired) electrons. The Balaban J connectivity index is 1.79. The van der Waals surface area contributed by atoms with Crippen molar-refractivity contribution < 1.29 is 18.7 Å². The Morgan fingerprint density at radius 3 is 2.70 bits per heavy atom. The number of esters is 1. The van der Waals surface area contributed by atoms with Gasteiger partial charge in [0.1, 0.15) is 18.2 Å². The molecule has 0 atom stereocenters. The molecular formula is C18H14FNO3. The van der Waals surface area contributed by atoms with Crippen LogP contribution in [0, 0.1) is 5.82 Å². The van der Waals surface area contributed by atoms with E-state index in [0.717, 1.165) is 5.39 Å². The van der Waals surface area contributed by atoms with Gasteiger partial charge in [0.05, 0.1) is 18.2 Å². The van der Waals surface area contributed by atoms with Crippen LogP contribution in [0.3, 0.4) is 0 Å². The summed E-state index contributed by atoms with van der Waals surface area (Å²) < 4.78 is 24.0. The molecule has 0 spiro atoms. The van der Waals surface area contributed by atoms with Crippen LogP contribution in [0.15, 0.2) is 54.7 Å². The van der Waals surface area contributed by atoms with Crippen molar-refractivity contribution in [2.75, 3.05) is 7.11 Å². The van der Waals surface area contributed by atoms with Crippen LogP contribution in [-0.4, -0.2) is 18.1 Å². The second-order valence-corrected chi connectivity index (χ2v) is 4.94. The van der Waals surface area contributed by atoms with E-state index in [9.17, 15) is 9.18 Å². The summed E-state index contributed by atoms with van der Waals surface area (Å²) in [5.41, 5.74) is 1.82. The zero-order valence-corrected chi connectivity index (χ0v) is 12.5. The number of hydrogen-bond acceptors (Lipinski definition) is 4. The number of rotatable bonds is 4. The summed E-state index contributed by atoms with van der Waals surface area (Å²) in [6, 6.07) is 13.0. The Morgan fingerprint density at radius 1 is 1.17 bits per heavy atom. The van der Waals surface area contributed by atoms with E-state index < -0.39 is 5.97 Å². The molecule has 23 heavy (non-hydrogen) atoms. The van der Waals surface area contributed by atoms with Crippen LogP contribution in [0.25, 0.3) is 10.9 Å². The lowest BCUT2D eigenvalue weighted by Gasteiger charge is -2.09. The molecule has 4 nitrogen and oxygen atoms in total. The molecule has 0 aliphatic rings. The van der Waals surface area contributed by atoms with Gasteiger partial charge < -0.3 is 9.47 Å². The number of pyridine rings is 1. The van der Waals surface area contributed by atoms with Gasteiger partial charge in [-0.05, 0) is 42.5 Å². The van der Waals surface area contributed by atoms with Gasteiger partial charge in [0.25, 0.3) is 0 Å². The third kappa shape index (κ3) is 3.29. The smallest absolute Gasteiger partial charge is 0.337 e. The number of halogens is 1. The summed E-state index contributed by atoms with van der Waals surface area (Å²) in [7, 11) is 1.33. The fourth-order valence-electron chi connectivity index (χ4n) is 2.30. The molecular weight excluding hydrogens is 297 g/mol. The lowest BCUT2D eigenvalue weighted by molar-refractivity contribution is 0.0600. The zero-order chi connectivity index (χ0) is 16.2. The largest absolute Gasteiger partial charge is 0.489 e. The number of hydrogen-bond donors (Lipinski definition) is 0. The summed E-state index contributed by atoms with van der Waals surface area (Å²) in [5.74, 6) is -0.159. The maximum absolute atomic E-state index is 13.7. The molecule has 0 amide bonds. The molecule has 116 valence electrons. The minimum Gasteiger partial charge on any atom is -0.489 e. The van der Waals surface area contributed by atoms with Crippen LogP contribution in [-0.2, 0) is 11.3 Å². The first-order valence-corrected chi connectivity index (χ1v) is 7.02. The van der Waals surface area contributed by atoms with Gasteiger partial charge in [-0.3, -0.25) is 4.98 Å². The number of ether oxygens (including phenoxy) is 2. The quantitative estimate of drug-likeness (QED) is 0.689. The summed E-state index contributed by atoms with van der Waals surface area (Å²) in [5, 5.41) is 0.729. The molecule has 3 aromatic rings. The van der Waals surface area contributed by atoms with Gasteiger partial charge in [-0.25, -0.2) is 9.18 Å². The van der Waals surface area contributed by atoms with Gasteiger partial charge in [-0.2, -0.15) is 0 Å². The molecule has 0 saturated heterocycles. The first kappa shape index (κ1) is 15.0. The van der Waals surface area contributed by atoms with E-state index in [0.29, 0.717) is 22.4 Å². The number of aromatic nitrogens is 1. The third-order valence-corrected chi connectivity index (χ3v) is 3.42. The van der Waals surface area contributed by atoms with Crippen molar-refractivity contribution in [3.63, 3.8) is 0 Å². The van der Waals surface area contributed by atoms with Crippen molar-refractivity contribution in [3.8, 4) is 5.75 Å². The molecule has 5 heteroatoms. The van der Waals surface area contributed by atoms with E-state index in [2.05, 4.69) is 9.72 Å². The summed E-state index contributed by atoms with van der Waals surface area (Å²) in [6.07, 6.45) is 1.66. The van der Waals surface area contributed by atoms with E-state index in [1.54, 1.807) is 42.6 Å². The maximum atomic E-state index is 13.7. The fourth-order valence-corrected chi connectivity index (χ4v) is 2.30. The lowest BCUT2D eigenvalue weighted by atomic mass is 10.1. The Hall–Kier alpha value is -2.95. The van der Waals surface area contributed by atoms with Crippen molar-refractivity contribution in [2.24, 2.45) is 0 Å². The normalized spacial score (nSPS) is 10.5. The summed E-state index contributed by atoms with van der Waals surface area (Å²) in [4.78, 5) is 15.7.